The SMILES string of the molecule is COCC[C@H]1CC[C@H](N(C(=O)OCc2ccccc2)C(C)C)CC1. The number of hydrogen-bond acceptors (Lipinski definition) is 3. The van der Waals surface area contributed by atoms with Gasteiger partial charge in [-0.1, -0.05) is 30.3 Å². The fourth-order valence-corrected chi connectivity index (χ4v) is 3.57. The molecule has 0 heterocycles. The van der Waals surface area contributed by atoms with Crippen LogP contribution in [0.15, 0.2) is 30.3 Å². The molecule has 134 valence electrons. The fourth-order valence-electron chi connectivity index (χ4n) is 3.57. The Bertz CT molecular complexity index is 481. The zero-order chi connectivity index (χ0) is 17.4. The molecule has 1 amide bonds. The van der Waals surface area contributed by atoms with Crippen molar-refractivity contribution in [1.29, 1.82) is 0 Å². The number of nitrogens with zero attached hydrogens (tertiary/aromatic N) is 1. The van der Waals surface area contributed by atoms with Crippen LogP contribution in [0.3, 0.4) is 0 Å². The lowest BCUT2D eigenvalue weighted by Crippen LogP contribution is -2.46. The Kier molecular flexibility index (Phi) is 7.57. The van der Waals surface area contributed by atoms with E-state index in [2.05, 4.69) is 13.8 Å². The van der Waals surface area contributed by atoms with Crippen molar-refractivity contribution < 1.29 is 14.3 Å². The minimum atomic E-state index is -0.186. The Morgan fingerprint density at radius 3 is 2.42 bits per heavy atom. The van der Waals surface area contributed by atoms with Gasteiger partial charge in [-0.3, -0.25) is 0 Å². The Morgan fingerprint density at radius 1 is 1.17 bits per heavy atom. The Hall–Kier alpha value is -1.55. The van der Waals surface area contributed by atoms with Crippen molar-refractivity contribution in [2.45, 2.75) is 64.6 Å². The highest BCUT2D eigenvalue weighted by atomic mass is 16.6. The van der Waals surface area contributed by atoms with Gasteiger partial charge in [-0.2, -0.15) is 0 Å². The van der Waals surface area contributed by atoms with E-state index in [1.807, 2.05) is 35.2 Å². The molecule has 0 atom stereocenters. The first-order valence-electron chi connectivity index (χ1n) is 9.09. The van der Waals surface area contributed by atoms with Gasteiger partial charge >= 0.3 is 6.09 Å². The molecule has 0 unspecified atom stereocenters. The third-order valence-corrected chi connectivity index (χ3v) is 4.91. The van der Waals surface area contributed by atoms with Crippen molar-refractivity contribution >= 4 is 6.09 Å². The number of rotatable bonds is 7. The van der Waals surface area contributed by atoms with E-state index in [9.17, 15) is 4.79 Å². The topological polar surface area (TPSA) is 38.8 Å². The highest BCUT2D eigenvalue weighted by Crippen LogP contribution is 2.31. The van der Waals surface area contributed by atoms with E-state index >= 15 is 0 Å². The molecular formula is C20H31NO3. The summed E-state index contributed by atoms with van der Waals surface area (Å²) in [4.78, 5) is 14.5. The van der Waals surface area contributed by atoms with E-state index in [1.165, 1.54) is 12.8 Å². The number of ether oxygens (including phenoxy) is 2. The second-order valence-corrected chi connectivity index (χ2v) is 7.00. The van der Waals surface area contributed by atoms with Crippen LogP contribution in [0.4, 0.5) is 4.79 Å². The molecular weight excluding hydrogens is 302 g/mol. The third kappa shape index (κ3) is 5.52. The highest BCUT2D eigenvalue weighted by Gasteiger charge is 2.31. The molecule has 4 nitrogen and oxygen atoms in total. The number of hydrogen-bond donors (Lipinski definition) is 0. The average molecular weight is 333 g/mol. The summed E-state index contributed by atoms with van der Waals surface area (Å²) in [5, 5.41) is 0. The molecule has 1 aliphatic carbocycles. The Labute approximate surface area is 146 Å². The van der Waals surface area contributed by atoms with Crippen LogP contribution in [-0.4, -0.2) is 36.8 Å². The number of carbonyl (C=O) groups excluding carboxylic acids is 1. The van der Waals surface area contributed by atoms with E-state index in [1.54, 1.807) is 7.11 Å². The van der Waals surface area contributed by atoms with Gasteiger partial charge in [0.1, 0.15) is 6.61 Å². The zero-order valence-corrected chi connectivity index (χ0v) is 15.2. The Morgan fingerprint density at radius 2 is 1.83 bits per heavy atom. The van der Waals surface area contributed by atoms with E-state index < -0.39 is 0 Å². The van der Waals surface area contributed by atoms with Crippen LogP contribution < -0.4 is 0 Å². The fraction of sp³-hybridized carbons (Fsp3) is 0.650. The largest absolute Gasteiger partial charge is 0.445 e. The summed E-state index contributed by atoms with van der Waals surface area (Å²) < 4.78 is 10.7. The lowest BCUT2D eigenvalue weighted by molar-refractivity contribution is 0.0510. The standard InChI is InChI=1S/C20H31NO3/c1-16(2)21(19-11-9-17(10-12-19)13-14-23-3)20(22)24-15-18-7-5-4-6-8-18/h4-8,16-17,19H,9-15H2,1-3H3/t17-,19-. The van der Waals surface area contributed by atoms with Gasteiger partial charge < -0.3 is 14.4 Å². The number of amides is 1. The predicted octanol–water partition coefficient (Wildman–Crippen LogP) is 4.63. The van der Waals surface area contributed by atoms with Crippen LogP contribution in [0.2, 0.25) is 0 Å². The van der Waals surface area contributed by atoms with Crippen molar-refractivity contribution in [2.24, 2.45) is 5.92 Å². The van der Waals surface area contributed by atoms with E-state index in [0.717, 1.165) is 37.4 Å². The first kappa shape index (κ1) is 18.8. The first-order chi connectivity index (χ1) is 11.6. The predicted molar refractivity (Wildman–Crippen MR) is 95.8 cm³/mol. The molecule has 0 aromatic heterocycles. The summed E-state index contributed by atoms with van der Waals surface area (Å²) in [6.45, 7) is 5.32. The van der Waals surface area contributed by atoms with Crippen LogP contribution >= 0.6 is 0 Å². The van der Waals surface area contributed by atoms with Crippen molar-refractivity contribution in [3.8, 4) is 0 Å². The molecule has 0 N–H and O–H groups in total. The van der Waals surface area contributed by atoms with Crippen LogP contribution in [0, 0.1) is 5.92 Å². The van der Waals surface area contributed by atoms with Gasteiger partial charge in [0.25, 0.3) is 0 Å². The second-order valence-electron chi connectivity index (χ2n) is 7.00. The van der Waals surface area contributed by atoms with Crippen molar-refractivity contribution in [2.75, 3.05) is 13.7 Å². The third-order valence-electron chi connectivity index (χ3n) is 4.91. The molecule has 1 fully saturated rings. The maximum atomic E-state index is 12.6. The summed E-state index contributed by atoms with van der Waals surface area (Å²) in [6.07, 6.45) is 5.41. The average Bonchev–Trinajstić information content (AvgIpc) is 2.60. The number of carbonyl (C=O) groups is 1. The summed E-state index contributed by atoms with van der Waals surface area (Å²) in [5.41, 5.74) is 1.03. The van der Waals surface area contributed by atoms with Crippen molar-refractivity contribution in [1.82, 2.24) is 4.90 Å². The van der Waals surface area contributed by atoms with Gasteiger partial charge in [0.05, 0.1) is 0 Å². The van der Waals surface area contributed by atoms with Gasteiger partial charge in [0.2, 0.25) is 0 Å². The Balaban J connectivity index is 1.86. The quantitative estimate of drug-likeness (QED) is 0.730. The lowest BCUT2D eigenvalue weighted by atomic mass is 9.83. The molecule has 1 aromatic carbocycles. The first-order valence-corrected chi connectivity index (χ1v) is 9.09. The zero-order valence-electron chi connectivity index (χ0n) is 15.2. The highest BCUT2D eigenvalue weighted by molar-refractivity contribution is 5.68. The molecule has 0 aliphatic heterocycles. The molecule has 1 aliphatic rings. The molecule has 0 radical (unpaired) electrons. The molecule has 24 heavy (non-hydrogen) atoms. The second kappa shape index (κ2) is 9.67. The normalized spacial score (nSPS) is 20.8. The lowest BCUT2D eigenvalue weighted by Gasteiger charge is -2.38. The van der Waals surface area contributed by atoms with E-state index in [0.29, 0.717) is 12.6 Å². The maximum absolute atomic E-state index is 12.6. The number of methoxy groups -OCH3 is 1. The summed E-state index contributed by atoms with van der Waals surface area (Å²) >= 11 is 0. The summed E-state index contributed by atoms with van der Waals surface area (Å²) in [6, 6.07) is 10.3. The van der Waals surface area contributed by atoms with Crippen LogP contribution in [0.5, 0.6) is 0 Å². The van der Waals surface area contributed by atoms with Crippen LogP contribution in [-0.2, 0) is 16.1 Å². The van der Waals surface area contributed by atoms with Crippen molar-refractivity contribution in [3.63, 3.8) is 0 Å². The molecule has 2 rings (SSSR count). The molecule has 4 heteroatoms. The molecule has 1 aromatic rings. The van der Waals surface area contributed by atoms with Gasteiger partial charge in [0, 0.05) is 25.8 Å². The molecule has 0 saturated heterocycles. The van der Waals surface area contributed by atoms with Gasteiger partial charge in [-0.05, 0) is 57.4 Å². The van der Waals surface area contributed by atoms with Gasteiger partial charge in [-0.15, -0.1) is 0 Å². The summed E-state index contributed by atoms with van der Waals surface area (Å²) in [5.74, 6) is 0.732. The number of benzene rings is 1. The minimum Gasteiger partial charge on any atom is -0.445 e. The van der Waals surface area contributed by atoms with E-state index in [-0.39, 0.29) is 12.1 Å². The maximum Gasteiger partial charge on any atom is 0.410 e. The van der Waals surface area contributed by atoms with E-state index in [4.69, 9.17) is 9.47 Å². The molecule has 1 saturated carbocycles. The minimum absolute atomic E-state index is 0.161. The molecule has 0 bridgehead atoms. The van der Waals surface area contributed by atoms with Gasteiger partial charge in [0.15, 0.2) is 0 Å². The van der Waals surface area contributed by atoms with Crippen LogP contribution in [0.1, 0.15) is 51.5 Å². The summed E-state index contributed by atoms with van der Waals surface area (Å²) in [7, 11) is 1.76. The van der Waals surface area contributed by atoms with Crippen LogP contribution in [0.25, 0.3) is 0 Å². The molecule has 0 spiro atoms. The van der Waals surface area contributed by atoms with Crippen molar-refractivity contribution in [3.05, 3.63) is 35.9 Å². The monoisotopic (exact) mass is 333 g/mol. The van der Waals surface area contributed by atoms with Gasteiger partial charge in [-0.25, -0.2) is 4.79 Å². The smallest absolute Gasteiger partial charge is 0.410 e.